The van der Waals surface area contributed by atoms with Crippen molar-refractivity contribution in [3.05, 3.63) is 93.5 Å². The Morgan fingerprint density at radius 2 is 1.65 bits per heavy atom. The lowest BCUT2D eigenvalue weighted by molar-refractivity contribution is -0.384. The molecule has 0 aliphatic rings. The summed E-state index contributed by atoms with van der Waals surface area (Å²) < 4.78 is 6.57. The minimum Gasteiger partial charge on any atom is -0.454 e. The van der Waals surface area contributed by atoms with E-state index in [-0.39, 0.29) is 11.8 Å². The maximum absolute atomic E-state index is 10.9. The van der Waals surface area contributed by atoms with Gasteiger partial charge in [-0.2, -0.15) is 5.11 Å². The van der Waals surface area contributed by atoms with Gasteiger partial charge in [0.1, 0.15) is 11.4 Å². The van der Waals surface area contributed by atoms with Gasteiger partial charge in [-0.25, -0.2) is 0 Å². The number of nitro benzene ring substituents is 1. The molecule has 37 heavy (non-hydrogen) atoms. The number of azo groups is 1. The summed E-state index contributed by atoms with van der Waals surface area (Å²) in [7, 11) is 0. The molecule has 0 radical (unpaired) electrons. The highest BCUT2D eigenvalue weighted by Gasteiger charge is 2.16. The molecule has 0 aromatic heterocycles. The quantitative estimate of drug-likeness (QED) is 0.135. The molecule has 4 aromatic rings. The molecule has 8 nitrogen and oxygen atoms in total. The van der Waals surface area contributed by atoms with E-state index in [1.807, 2.05) is 38.1 Å². The molecule has 4 N–H and O–H groups in total. The second kappa shape index (κ2) is 12.1. The van der Waals surface area contributed by atoms with E-state index in [0.717, 1.165) is 41.8 Å². The predicted molar refractivity (Wildman–Crippen MR) is 150 cm³/mol. The monoisotopic (exact) mass is 499 g/mol. The summed E-state index contributed by atoms with van der Waals surface area (Å²) in [6, 6.07) is 20.3. The van der Waals surface area contributed by atoms with Gasteiger partial charge in [0.2, 0.25) is 0 Å². The second-order valence-electron chi connectivity index (χ2n) is 8.45. The highest BCUT2D eigenvalue weighted by molar-refractivity contribution is 5.92. The van der Waals surface area contributed by atoms with Crippen LogP contribution in [0.5, 0.6) is 11.5 Å². The van der Waals surface area contributed by atoms with Gasteiger partial charge >= 0.3 is 0 Å². The van der Waals surface area contributed by atoms with Gasteiger partial charge in [0.15, 0.2) is 5.75 Å². The number of hydrogen-bond acceptors (Lipinski definition) is 7. The number of anilines is 1. The molecule has 0 amide bonds. The number of nitrogens with zero attached hydrogens (tertiary/aromatic N) is 3. The first kappa shape index (κ1) is 27.3. The fourth-order valence-electron chi connectivity index (χ4n) is 4.40. The number of fused-ring (bicyclic) bond motifs is 1. The molecule has 0 spiro atoms. The summed E-state index contributed by atoms with van der Waals surface area (Å²) in [6.07, 6.45) is 1.94. The first-order valence-electron chi connectivity index (χ1n) is 12.2. The van der Waals surface area contributed by atoms with Crippen molar-refractivity contribution in [2.45, 2.75) is 40.5 Å². The Morgan fingerprint density at radius 1 is 0.892 bits per heavy atom. The van der Waals surface area contributed by atoms with Gasteiger partial charge in [0, 0.05) is 35.3 Å². The Bertz CT molecular complexity index is 1430. The third-order valence-corrected chi connectivity index (χ3v) is 6.26. The van der Waals surface area contributed by atoms with Gasteiger partial charge < -0.3 is 16.2 Å². The molecule has 4 aromatic carbocycles. The number of nitro groups is 1. The Hall–Kier alpha value is -4.30. The van der Waals surface area contributed by atoms with Crippen LogP contribution in [0.15, 0.2) is 77.0 Å². The lowest BCUT2D eigenvalue weighted by Crippen LogP contribution is -2.00. The maximum atomic E-state index is 10.9. The third-order valence-electron chi connectivity index (χ3n) is 6.26. The van der Waals surface area contributed by atoms with Gasteiger partial charge in [-0.05, 0) is 73.5 Å². The largest absolute Gasteiger partial charge is 0.454 e. The zero-order valence-electron chi connectivity index (χ0n) is 21.7. The van der Waals surface area contributed by atoms with Crippen molar-refractivity contribution in [2.24, 2.45) is 10.2 Å². The zero-order chi connectivity index (χ0) is 25.7. The normalized spacial score (nSPS) is 10.9. The number of non-ortho nitro benzene ring substituents is 1. The molecule has 0 saturated carbocycles. The molecule has 8 heteroatoms. The molecular weight excluding hydrogens is 466 g/mol. The molecule has 0 heterocycles. The van der Waals surface area contributed by atoms with E-state index in [9.17, 15) is 10.1 Å². The van der Waals surface area contributed by atoms with Crippen molar-refractivity contribution < 1.29 is 9.66 Å². The zero-order valence-corrected chi connectivity index (χ0v) is 21.7. The summed E-state index contributed by atoms with van der Waals surface area (Å²) in [5.74, 6) is 1.37. The minimum atomic E-state index is -0.437. The van der Waals surface area contributed by atoms with Crippen LogP contribution in [-0.4, -0.2) is 11.5 Å². The van der Waals surface area contributed by atoms with E-state index in [1.165, 1.54) is 28.6 Å². The van der Waals surface area contributed by atoms with E-state index in [0.29, 0.717) is 17.1 Å². The highest BCUT2D eigenvalue weighted by atomic mass is 16.6. The van der Waals surface area contributed by atoms with Crippen molar-refractivity contribution in [2.75, 3.05) is 11.9 Å². The summed E-state index contributed by atoms with van der Waals surface area (Å²) in [5, 5.41) is 25.3. The fraction of sp³-hybridized carbons (Fsp3) is 0.241. The van der Waals surface area contributed by atoms with Gasteiger partial charge in [0.05, 0.1) is 10.6 Å². The second-order valence-corrected chi connectivity index (χ2v) is 8.45. The van der Waals surface area contributed by atoms with Gasteiger partial charge in [-0.3, -0.25) is 10.1 Å². The first-order valence-corrected chi connectivity index (χ1v) is 12.2. The molecule has 0 bridgehead atoms. The van der Waals surface area contributed by atoms with Crippen molar-refractivity contribution in [1.82, 2.24) is 6.15 Å². The number of ether oxygens (including phenoxy) is 1. The summed E-state index contributed by atoms with van der Waals surface area (Å²) >= 11 is 0. The number of hydrogen-bond donors (Lipinski definition) is 2. The van der Waals surface area contributed by atoms with Crippen LogP contribution < -0.4 is 16.2 Å². The standard InChI is InChI=1S/C29H30N4O3.H3N/c1-5-20-11-16-25-24(23(20)6-2)9-8-10-28(25)36-29-19(4)26(30-7-3)17-18-27(29)32-31-21-12-14-22(15-13-21)33(34)35;/h8-18,30H,5-7H2,1-4H3;1H3. The van der Waals surface area contributed by atoms with E-state index in [1.54, 1.807) is 12.1 Å². The van der Waals surface area contributed by atoms with Gasteiger partial charge in [-0.15, -0.1) is 5.11 Å². The molecule has 4 rings (SSSR count). The van der Waals surface area contributed by atoms with Crippen molar-refractivity contribution in [3.8, 4) is 11.5 Å². The third kappa shape index (κ3) is 5.76. The summed E-state index contributed by atoms with van der Waals surface area (Å²) in [6.45, 7) is 9.18. The van der Waals surface area contributed by atoms with Crippen LogP contribution >= 0.6 is 0 Å². The van der Waals surface area contributed by atoms with Crippen LogP contribution in [0.2, 0.25) is 0 Å². The van der Waals surface area contributed by atoms with Crippen LogP contribution in [0.4, 0.5) is 22.7 Å². The van der Waals surface area contributed by atoms with Gasteiger partial charge in [-0.1, -0.05) is 38.1 Å². The molecular formula is C29H33N5O3. The van der Waals surface area contributed by atoms with Crippen molar-refractivity contribution in [1.29, 1.82) is 0 Å². The average Bonchev–Trinajstić information content (AvgIpc) is 2.90. The van der Waals surface area contributed by atoms with Crippen LogP contribution in [0.25, 0.3) is 10.8 Å². The molecule has 0 fully saturated rings. The molecule has 0 saturated heterocycles. The smallest absolute Gasteiger partial charge is 0.269 e. The number of aryl methyl sites for hydroxylation is 2. The lowest BCUT2D eigenvalue weighted by atomic mass is 9.95. The fourth-order valence-corrected chi connectivity index (χ4v) is 4.40. The van der Waals surface area contributed by atoms with Crippen molar-refractivity contribution in [3.63, 3.8) is 0 Å². The van der Waals surface area contributed by atoms with E-state index in [2.05, 4.69) is 47.6 Å². The SMILES string of the molecule is CCNc1ccc(N=Nc2ccc([N+](=O)[O-])cc2)c(Oc2cccc3c(CC)c(CC)ccc23)c1C.N. The molecule has 192 valence electrons. The van der Waals surface area contributed by atoms with E-state index in [4.69, 9.17) is 4.74 Å². The summed E-state index contributed by atoms with van der Waals surface area (Å²) in [4.78, 5) is 10.5. The Morgan fingerprint density at radius 3 is 2.30 bits per heavy atom. The number of rotatable bonds is 9. The average molecular weight is 500 g/mol. The minimum absolute atomic E-state index is 0. The molecule has 0 unspecified atom stereocenters. The van der Waals surface area contributed by atoms with Crippen LogP contribution in [0, 0.1) is 17.0 Å². The first-order chi connectivity index (χ1) is 17.5. The number of nitrogens with one attached hydrogen (secondary N) is 1. The Labute approximate surface area is 217 Å². The lowest BCUT2D eigenvalue weighted by Gasteiger charge is -2.18. The van der Waals surface area contributed by atoms with Crippen LogP contribution in [0.3, 0.4) is 0 Å². The van der Waals surface area contributed by atoms with E-state index < -0.39 is 4.92 Å². The summed E-state index contributed by atoms with van der Waals surface area (Å²) in [5.41, 5.74) is 5.69. The molecule has 0 atom stereocenters. The van der Waals surface area contributed by atoms with Gasteiger partial charge in [0.25, 0.3) is 5.69 Å². The predicted octanol–water partition coefficient (Wildman–Crippen LogP) is 8.98. The Kier molecular flexibility index (Phi) is 8.92. The van der Waals surface area contributed by atoms with Crippen molar-refractivity contribution >= 4 is 33.5 Å². The number of benzene rings is 4. The molecule has 0 aliphatic carbocycles. The molecule has 0 aliphatic heterocycles. The van der Waals surface area contributed by atoms with Crippen LogP contribution in [0.1, 0.15) is 37.5 Å². The van der Waals surface area contributed by atoms with E-state index >= 15 is 0 Å². The topological polar surface area (TPSA) is 124 Å². The maximum Gasteiger partial charge on any atom is 0.269 e. The van der Waals surface area contributed by atoms with Crippen LogP contribution in [-0.2, 0) is 12.8 Å². The Balaban J connectivity index is 0.00000380. The highest BCUT2D eigenvalue weighted by Crippen LogP contribution is 2.42.